The monoisotopic (exact) mass is 457 g/mol. The van der Waals surface area contributed by atoms with Crippen molar-refractivity contribution in [2.75, 3.05) is 36.1 Å². The molecule has 0 radical (unpaired) electrons. The number of nitrogens with zero attached hydrogens (tertiary/aromatic N) is 5. The Morgan fingerprint density at radius 3 is 2.74 bits per heavy atom. The highest BCUT2D eigenvalue weighted by molar-refractivity contribution is 5.95. The Kier molecular flexibility index (Phi) is 5.94. The van der Waals surface area contributed by atoms with E-state index in [4.69, 9.17) is 10.7 Å². The topological polar surface area (TPSA) is 141 Å². The predicted octanol–water partition coefficient (Wildman–Crippen LogP) is 2.94. The van der Waals surface area contributed by atoms with Crippen LogP contribution in [0.1, 0.15) is 30.8 Å². The van der Waals surface area contributed by atoms with Crippen LogP contribution >= 0.6 is 0 Å². The van der Waals surface area contributed by atoms with Gasteiger partial charge in [-0.25, -0.2) is 15.0 Å². The van der Waals surface area contributed by atoms with Gasteiger partial charge in [-0.1, -0.05) is 0 Å². The number of H-pyrrole nitrogens is 2. The first-order valence-electron chi connectivity index (χ1n) is 11.4. The maximum atomic E-state index is 13.2. The third kappa shape index (κ3) is 4.21. The Morgan fingerprint density at radius 1 is 1.18 bits per heavy atom. The van der Waals surface area contributed by atoms with Gasteiger partial charge in [-0.05, 0) is 43.5 Å². The zero-order valence-electron chi connectivity index (χ0n) is 19.0. The van der Waals surface area contributed by atoms with Gasteiger partial charge in [0.05, 0.1) is 34.6 Å². The quantitative estimate of drug-likeness (QED) is 0.326. The van der Waals surface area contributed by atoms with E-state index in [0.717, 1.165) is 29.8 Å². The van der Waals surface area contributed by atoms with Crippen LogP contribution in [-0.4, -0.2) is 51.3 Å². The second-order valence-corrected chi connectivity index (χ2v) is 8.27. The van der Waals surface area contributed by atoms with E-state index >= 15 is 0 Å². The van der Waals surface area contributed by atoms with E-state index in [2.05, 4.69) is 47.3 Å². The average Bonchev–Trinajstić information content (AvgIpc) is 3.29. The summed E-state index contributed by atoms with van der Waals surface area (Å²) < 4.78 is 0. The molecule has 1 aromatic carbocycles. The first-order chi connectivity index (χ1) is 16.6. The summed E-state index contributed by atoms with van der Waals surface area (Å²) in [5, 5.41) is 3.24. The number of aromatic amines is 2. The number of anilines is 3. The summed E-state index contributed by atoms with van der Waals surface area (Å²) in [7, 11) is 1.62. The Labute approximate surface area is 196 Å². The van der Waals surface area contributed by atoms with E-state index in [0.29, 0.717) is 40.8 Å². The standard InChI is InChI=1S/C24H27N9O/c1-26-13-18-21(25)22(29-14-19-27-8-5-9-28-19)20(24(34)32-18)23-30-16-7-6-15(12-17(16)31-23)33-10-3-2-4-11-33/h5-9,12-13H,2-4,10-11,14,25H2,1H3,(H,30,31)(H2,29,32,34). The van der Waals surface area contributed by atoms with Gasteiger partial charge < -0.3 is 25.9 Å². The Balaban J connectivity index is 1.57. The van der Waals surface area contributed by atoms with Crippen LogP contribution in [0.4, 0.5) is 17.1 Å². The van der Waals surface area contributed by atoms with Gasteiger partial charge in [0.2, 0.25) is 0 Å². The fourth-order valence-corrected chi connectivity index (χ4v) is 4.33. The summed E-state index contributed by atoms with van der Waals surface area (Å²) in [6.07, 6.45) is 8.54. The largest absolute Gasteiger partial charge is 0.395 e. The second kappa shape index (κ2) is 9.34. The highest BCUT2D eigenvalue weighted by atomic mass is 16.1. The number of benzene rings is 1. The lowest BCUT2D eigenvalue weighted by Gasteiger charge is -2.28. The molecular formula is C24H27N9O. The van der Waals surface area contributed by atoms with Crippen LogP contribution in [0, 0.1) is 0 Å². The average molecular weight is 458 g/mol. The molecule has 0 aliphatic carbocycles. The van der Waals surface area contributed by atoms with Crippen molar-refractivity contribution < 1.29 is 0 Å². The van der Waals surface area contributed by atoms with Crippen LogP contribution in [0.2, 0.25) is 0 Å². The molecular weight excluding hydrogens is 430 g/mol. The lowest BCUT2D eigenvalue weighted by Crippen LogP contribution is -2.29. The minimum Gasteiger partial charge on any atom is -0.395 e. The van der Waals surface area contributed by atoms with E-state index < -0.39 is 0 Å². The Hall–Kier alpha value is -4.21. The minimum absolute atomic E-state index is 0.295. The molecule has 1 saturated heterocycles. The lowest BCUT2D eigenvalue weighted by atomic mass is 10.1. The molecule has 0 unspecified atom stereocenters. The van der Waals surface area contributed by atoms with Crippen molar-refractivity contribution in [2.45, 2.75) is 25.8 Å². The zero-order chi connectivity index (χ0) is 23.5. The smallest absolute Gasteiger partial charge is 0.261 e. The number of aromatic nitrogens is 5. The van der Waals surface area contributed by atoms with Crippen molar-refractivity contribution in [3.63, 3.8) is 0 Å². The van der Waals surface area contributed by atoms with Gasteiger partial charge in [0.15, 0.2) is 0 Å². The fourth-order valence-electron chi connectivity index (χ4n) is 4.33. The normalized spacial score (nSPS) is 14.2. The van der Waals surface area contributed by atoms with Crippen molar-refractivity contribution >= 4 is 34.3 Å². The molecule has 1 aliphatic rings. The van der Waals surface area contributed by atoms with Crippen LogP contribution < -0.4 is 21.5 Å². The van der Waals surface area contributed by atoms with Crippen LogP contribution in [0.25, 0.3) is 22.4 Å². The summed E-state index contributed by atoms with van der Waals surface area (Å²) in [5.41, 5.74) is 10.5. The van der Waals surface area contributed by atoms with E-state index in [1.807, 2.05) is 6.07 Å². The number of hydrogen-bond donors (Lipinski definition) is 4. The number of nitrogens with one attached hydrogen (secondary N) is 3. The van der Waals surface area contributed by atoms with E-state index in [1.54, 1.807) is 25.5 Å². The van der Waals surface area contributed by atoms with Crippen molar-refractivity contribution in [1.29, 1.82) is 0 Å². The number of aliphatic imine (C=N–C) groups is 1. The van der Waals surface area contributed by atoms with Crippen LogP contribution in [0.5, 0.6) is 0 Å². The number of pyridine rings is 1. The molecule has 4 aromatic rings. The minimum atomic E-state index is -0.323. The van der Waals surface area contributed by atoms with Crippen molar-refractivity contribution in [3.8, 4) is 11.4 Å². The molecule has 34 heavy (non-hydrogen) atoms. The molecule has 1 fully saturated rings. The maximum absolute atomic E-state index is 13.2. The molecule has 0 amide bonds. The van der Waals surface area contributed by atoms with Gasteiger partial charge in [-0.2, -0.15) is 0 Å². The maximum Gasteiger partial charge on any atom is 0.261 e. The number of nitrogens with two attached hydrogens (primary N) is 1. The number of piperidine rings is 1. The highest BCUT2D eigenvalue weighted by Crippen LogP contribution is 2.32. The molecule has 0 saturated carbocycles. The van der Waals surface area contributed by atoms with Crippen LogP contribution in [-0.2, 0) is 6.54 Å². The molecule has 3 aromatic heterocycles. The molecule has 5 N–H and O–H groups in total. The van der Waals surface area contributed by atoms with Gasteiger partial charge in [-0.15, -0.1) is 0 Å². The summed E-state index contributed by atoms with van der Waals surface area (Å²) in [6, 6.07) is 7.92. The van der Waals surface area contributed by atoms with Gasteiger partial charge in [0.25, 0.3) is 5.56 Å². The summed E-state index contributed by atoms with van der Waals surface area (Å²) in [6.45, 7) is 2.40. The number of nitrogen functional groups attached to an aromatic ring is 1. The molecule has 1 aliphatic heterocycles. The third-order valence-electron chi connectivity index (χ3n) is 6.01. The third-order valence-corrected chi connectivity index (χ3v) is 6.01. The molecule has 0 bridgehead atoms. The number of fused-ring (bicyclic) bond motifs is 1. The highest BCUT2D eigenvalue weighted by Gasteiger charge is 2.20. The summed E-state index contributed by atoms with van der Waals surface area (Å²) in [4.78, 5) is 38.9. The number of imidazole rings is 1. The first kappa shape index (κ1) is 21.6. The fraction of sp³-hybridized carbons (Fsp3) is 0.292. The molecule has 4 heterocycles. The summed E-state index contributed by atoms with van der Waals surface area (Å²) >= 11 is 0. The molecule has 174 valence electrons. The zero-order valence-corrected chi connectivity index (χ0v) is 19.0. The second-order valence-electron chi connectivity index (χ2n) is 8.27. The number of rotatable bonds is 6. The molecule has 5 rings (SSSR count). The van der Waals surface area contributed by atoms with E-state index in [-0.39, 0.29) is 5.56 Å². The molecule has 0 atom stereocenters. The van der Waals surface area contributed by atoms with Crippen molar-refractivity contribution in [2.24, 2.45) is 4.99 Å². The molecule has 10 heteroatoms. The van der Waals surface area contributed by atoms with Gasteiger partial charge in [-0.3, -0.25) is 9.79 Å². The lowest BCUT2D eigenvalue weighted by molar-refractivity contribution is 0.578. The van der Waals surface area contributed by atoms with E-state index in [9.17, 15) is 4.79 Å². The van der Waals surface area contributed by atoms with Crippen LogP contribution in [0.3, 0.4) is 0 Å². The van der Waals surface area contributed by atoms with Gasteiger partial charge in [0, 0.05) is 44.4 Å². The van der Waals surface area contributed by atoms with E-state index in [1.165, 1.54) is 25.5 Å². The Bertz CT molecular complexity index is 1390. The Morgan fingerprint density at radius 2 is 1.97 bits per heavy atom. The van der Waals surface area contributed by atoms with Gasteiger partial charge >= 0.3 is 0 Å². The SMILES string of the molecule is CN=Cc1[nH]c(=O)c(-c2nc3ccc(N4CCCCC4)cc3[nH]2)c(NCc2ncccn2)c1N. The van der Waals surface area contributed by atoms with Crippen molar-refractivity contribution in [3.05, 3.63) is 58.5 Å². The molecule has 10 nitrogen and oxygen atoms in total. The molecule has 0 spiro atoms. The first-order valence-corrected chi connectivity index (χ1v) is 11.4. The van der Waals surface area contributed by atoms with Gasteiger partial charge in [0.1, 0.15) is 17.2 Å². The number of hydrogen-bond acceptors (Lipinski definition) is 8. The predicted molar refractivity (Wildman–Crippen MR) is 136 cm³/mol. The summed E-state index contributed by atoms with van der Waals surface area (Å²) in [5.74, 6) is 1.02. The van der Waals surface area contributed by atoms with Crippen LogP contribution in [0.15, 0.2) is 46.4 Å². The van der Waals surface area contributed by atoms with Crippen molar-refractivity contribution in [1.82, 2.24) is 24.9 Å².